The molecule has 2 rings (SSSR count). The van der Waals surface area contributed by atoms with Crippen molar-refractivity contribution in [1.29, 1.82) is 0 Å². The van der Waals surface area contributed by atoms with Crippen LogP contribution < -0.4 is 10.0 Å². The van der Waals surface area contributed by atoms with Crippen molar-refractivity contribution in [3.63, 3.8) is 0 Å². The minimum atomic E-state index is -3.65. The van der Waals surface area contributed by atoms with Gasteiger partial charge in [0.25, 0.3) is 10.0 Å². The summed E-state index contributed by atoms with van der Waals surface area (Å²) in [6.07, 6.45) is 0. The molecule has 0 saturated carbocycles. The van der Waals surface area contributed by atoms with Gasteiger partial charge in [-0.05, 0) is 38.2 Å². The lowest BCUT2D eigenvalue weighted by Crippen LogP contribution is -2.23. The van der Waals surface area contributed by atoms with Gasteiger partial charge >= 0.3 is 0 Å². The van der Waals surface area contributed by atoms with E-state index in [1.165, 1.54) is 6.07 Å². The third kappa shape index (κ3) is 3.66. The molecule has 0 fully saturated rings. The van der Waals surface area contributed by atoms with Gasteiger partial charge in [0.05, 0.1) is 18.8 Å². The van der Waals surface area contributed by atoms with Gasteiger partial charge in [-0.3, -0.25) is 4.98 Å². The molecule has 0 aliphatic rings. The summed E-state index contributed by atoms with van der Waals surface area (Å²) in [6.45, 7) is 2.47. The molecule has 108 valence electrons. The number of nitrogens with zero attached hydrogens (tertiary/aromatic N) is 1. The third-order valence-electron chi connectivity index (χ3n) is 2.64. The molecule has 0 aliphatic heterocycles. The molecule has 2 N–H and O–H groups in total. The Morgan fingerprint density at radius 2 is 2.00 bits per heavy atom. The molecule has 20 heavy (non-hydrogen) atoms. The second kappa shape index (κ2) is 6.17. The first-order valence-electron chi connectivity index (χ1n) is 6.17. The highest BCUT2D eigenvalue weighted by atomic mass is 32.2. The van der Waals surface area contributed by atoms with E-state index in [9.17, 15) is 8.42 Å². The van der Waals surface area contributed by atoms with Crippen LogP contribution in [0.5, 0.6) is 0 Å². The maximum Gasteiger partial charge on any atom is 0.274 e. The number of hydrogen-bond acceptors (Lipinski definition) is 5. The fourth-order valence-corrected chi connectivity index (χ4v) is 2.65. The third-order valence-corrected chi connectivity index (χ3v) is 3.92. The fourth-order valence-electron chi connectivity index (χ4n) is 1.71. The SMILES string of the molecule is CNCc1ccc(S(=O)(=O)NCc2cccc(C)n2)o1. The van der Waals surface area contributed by atoms with Crippen LogP contribution in [0.3, 0.4) is 0 Å². The molecule has 0 saturated heterocycles. The molecule has 0 atom stereocenters. The second-order valence-corrected chi connectivity index (χ2v) is 6.04. The quantitative estimate of drug-likeness (QED) is 0.836. The van der Waals surface area contributed by atoms with Crippen molar-refractivity contribution < 1.29 is 12.8 Å². The highest BCUT2D eigenvalue weighted by Crippen LogP contribution is 2.14. The van der Waals surface area contributed by atoms with Gasteiger partial charge in [0.15, 0.2) is 0 Å². The van der Waals surface area contributed by atoms with Crippen LogP contribution >= 0.6 is 0 Å². The molecular weight excluding hydrogens is 278 g/mol. The van der Waals surface area contributed by atoms with E-state index in [0.717, 1.165) is 5.69 Å². The van der Waals surface area contributed by atoms with Crippen LogP contribution in [0.4, 0.5) is 0 Å². The number of nitrogens with one attached hydrogen (secondary N) is 2. The maximum absolute atomic E-state index is 12.1. The summed E-state index contributed by atoms with van der Waals surface area (Å²) in [5, 5.41) is 2.81. The number of pyridine rings is 1. The standard InChI is InChI=1S/C13H17N3O3S/c1-10-4-3-5-11(16-10)8-15-20(17,18)13-7-6-12(19-13)9-14-2/h3-7,14-15H,8-9H2,1-2H3. The van der Waals surface area contributed by atoms with E-state index in [-0.39, 0.29) is 11.6 Å². The zero-order valence-corrected chi connectivity index (χ0v) is 12.2. The molecule has 7 heteroatoms. The van der Waals surface area contributed by atoms with Crippen molar-refractivity contribution in [2.45, 2.75) is 25.1 Å². The van der Waals surface area contributed by atoms with Crippen LogP contribution in [0.15, 0.2) is 39.8 Å². The molecule has 0 bridgehead atoms. The lowest BCUT2D eigenvalue weighted by Gasteiger charge is -2.04. The van der Waals surface area contributed by atoms with Crippen molar-refractivity contribution in [2.24, 2.45) is 0 Å². The van der Waals surface area contributed by atoms with Crippen molar-refractivity contribution in [3.05, 3.63) is 47.5 Å². The summed E-state index contributed by atoms with van der Waals surface area (Å²) in [5.41, 5.74) is 1.51. The smallest absolute Gasteiger partial charge is 0.274 e. The Balaban J connectivity index is 2.06. The average Bonchev–Trinajstić information content (AvgIpc) is 2.87. The van der Waals surface area contributed by atoms with Crippen LogP contribution in [0.25, 0.3) is 0 Å². The lowest BCUT2D eigenvalue weighted by atomic mass is 10.3. The number of sulfonamides is 1. The van der Waals surface area contributed by atoms with E-state index in [0.29, 0.717) is 18.0 Å². The Morgan fingerprint density at radius 3 is 2.70 bits per heavy atom. The van der Waals surface area contributed by atoms with Crippen LogP contribution in [0.2, 0.25) is 0 Å². The Hall–Kier alpha value is -1.70. The normalized spacial score (nSPS) is 11.7. The molecule has 0 radical (unpaired) electrons. The van der Waals surface area contributed by atoms with E-state index < -0.39 is 10.0 Å². The Bertz CT molecular complexity index is 680. The molecule has 0 unspecified atom stereocenters. The highest BCUT2D eigenvalue weighted by Gasteiger charge is 2.18. The van der Waals surface area contributed by atoms with Gasteiger partial charge in [0.2, 0.25) is 5.09 Å². The van der Waals surface area contributed by atoms with Crippen LogP contribution in [0, 0.1) is 6.92 Å². The van der Waals surface area contributed by atoms with Gasteiger partial charge in [-0.25, -0.2) is 13.1 Å². The summed E-state index contributed by atoms with van der Waals surface area (Å²) >= 11 is 0. The van der Waals surface area contributed by atoms with Gasteiger partial charge in [-0.15, -0.1) is 0 Å². The van der Waals surface area contributed by atoms with E-state index in [1.807, 2.05) is 19.1 Å². The van der Waals surface area contributed by atoms with Crippen molar-refractivity contribution in [1.82, 2.24) is 15.0 Å². The summed E-state index contributed by atoms with van der Waals surface area (Å²) in [7, 11) is -1.89. The zero-order valence-electron chi connectivity index (χ0n) is 11.4. The first-order valence-corrected chi connectivity index (χ1v) is 7.65. The van der Waals surface area contributed by atoms with Crippen molar-refractivity contribution >= 4 is 10.0 Å². The zero-order chi connectivity index (χ0) is 14.6. The highest BCUT2D eigenvalue weighted by molar-refractivity contribution is 7.89. The van der Waals surface area contributed by atoms with E-state index in [2.05, 4.69) is 15.0 Å². The molecular formula is C13H17N3O3S. The van der Waals surface area contributed by atoms with E-state index in [1.54, 1.807) is 19.2 Å². The Kier molecular flexibility index (Phi) is 4.53. The Labute approximate surface area is 118 Å². The minimum Gasteiger partial charge on any atom is -0.447 e. The summed E-state index contributed by atoms with van der Waals surface area (Å²) < 4.78 is 31.8. The van der Waals surface area contributed by atoms with Crippen molar-refractivity contribution in [3.8, 4) is 0 Å². The first-order chi connectivity index (χ1) is 9.51. The van der Waals surface area contributed by atoms with Gasteiger partial charge in [0, 0.05) is 5.69 Å². The van der Waals surface area contributed by atoms with Gasteiger partial charge in [0.1, 0.15) is 5.76 Å². The number of rotatable bonds is 6. The number of furan rings is 1. The first kappa shape index (κ1) is 14.7. The molecule has 0 amide bonds. The number of aryl methyl sites for hydroxylation is 1. The molecule has 2 aromatic heterocycles. The Morgan fingerprint density at radius 1 is 1.20 bits per heavy atom. The number of hydrogen-bond donors (Lipinski definition) is 2. The summed E-state index contributed by atoms with van der Waals surface area (Å²) in [4.78, 5) is 4.24. The molecule has 2 heterocycles. The van der Waals surface area contributed by atoms with Crippen LogP contribution in [-0.2, 0) is 23.1 Å². The molecule has 0 aromatic carbocycles. The van der Waals surface area contributed by atoms with Gasteiger partial charge < -0.3 is 9.73 Å². The monoisotopic (exact) mass is 295 g/mol. The van der Waals surface area contributed by atoms with E-state index in [4.69, 9.17) is 4.42 Å². The predicted molar refractivity (Wildman–Crippen MR) is 74.5 cm³/mol. The fraction of sp³-hybridized carbons (Fsp3) is 0.308. The molecule has 6 nitrogen and oxygen atoms in total. The minimum absolute atomic E-state index is 0.0876. The molecule has 0 aliphatic carbocycles. The summed E-state index contributed by atoms with van der Waals surface area (Å²) in [5.74, 6) is 0.571. The van der Waals surface area contributed by atoms with Gasteiger partial charge in [-0.1, -0.05) is 6.07 Å². The topological polar surface area (TPSA) is 84.2 Å². The predicted octanol–water partition coefficient (Wildman–Crippen LogP) is 1.18. The van der Waals surface area contributed by atoms with Crippen LogP contribution in [-0.4, -0.2) is 20.4 Å². The largest absolute Gasteiger partial charge is 0.447 e. The summed E-state index contributed by atoms with van der Waals surface area (Å²) in [6, 6.07) is 8.54. The molecule has 0 spiro atoms. The van der Waals surface area contributed by atoms with Crippen molar-refractivity contribution in [2.75, 3.05) is 7.05 Å². The number of aromatic nitrogens is 1. The second-order valence-electron chi connectivity index (χ2n) is 4.35. The maximum atomic E-state index is 12.1. The van der Waals surface area contributed by atoms with E-state index >= 15 is 0 Å². The lowest BCUT2D eigenvalue weighted by molar-refractivity contribution is 0.404. The average molecular weight is 295 g/mol. The van der Waals surface area contributed by atoms with Gasteiger partial charge in [-0.2, -0.15) is 0 Å². The van der Waals surface area contributed by atoms with Crippen LogP contribution in [0.1, 0.15) is 17.1 Å². The molecule has 2 aromatic rings.